The van der Waals surface area contributed by atoms with E-state index in [0.717, 1.165) is 12.0 Å². The van der Waals surface area contributed by atoms with Crippen LogP contribution in [-0.2, 0) is 11.2 Å². The Morgan fingerprint density at radius 1 is 1.42 bits per heavy atom. The van der Waals surface area contributed by atoms with E-state index >= 15 is 0 Å². The molecule has 0 spiro atoms. The summed E-state index contributed by atoms with van der Waals surface area (Å²) in [5.74, 6) is -0.255. The van der Waals surface area contributed by atoms with E-state index in [9.17, 15) is 9.18 Å². The minimum atomic E-state index is -0.383. The molecule has 0 fully saturated rings. The van der Waals surface area contributed by atoms with Gasteiger partial charge in [0.15, 0.2) is 6.61 Å². The predicted octanol–water partition coefficient (Wildman–Crippen LogP) is 1.62. The molecular weight excluding hydrogens is 247 g/mol. The largest absolute Gasteiger partial charge is 0.484 e. The maximum absolute atomic E-state index is 13.4. The van der Waals surface area contributed by atoms with Crippen LogP contribution >= 0.6 is 0 Å². The second kappa shape index (κ2) is 7.74. The summed E-state index contributed by atoms with van der Waals surface area (Å²) in [5.41, 5.74) is 6.62. The zero-order valence-corrected chi connectivity index (χ0v) is 11.4. The lowest BCUT2D eigenvalue weighted by Gasteiger charge is -2.11. The van der Waals surface area contributed by atoms with Crippen molar-refractivity contribution >= 4 is 5.91 Å². The topological polar surface area (TPSA) is 64.3 Å². The Hall–Kier alpha value is -1.62. The van der Waals surface area contributed by atoms with Gasteiger partial charge in [0.25, 0.3) is 5.91 Å². The van der Waals surface area contributed by atoms with E-state index < -0.39 is 0 Å². The fourth-order valence-corrected chi connectivity index (χ4v) is 1.67. The molecule has 19 heavy (non-hydrogen) atoms. The van der Waals surface area contributed by atoms with Crippen LogP contribution in [0.2, 0.25) is 0 Å². The summed E-state index contributed by atoms with van der Waals surface area (Å²) in [6, 6.07) is 4.42. The predicted molar refractivity (Wildman–Crippen MR) is 72.5 cm³/mol. The number of rotatable bonds is 7. The van der Waals surface area contributed by atoms with Gasteiger partial charge in [-0.05, 0) is 37.5 Å². The van der Waals surface area contributed by atoms with Gasteiger partial charge in [-0.1, -0.05) is 6.92 Å². The maximum atomic E-state index is 13.4. The van der Waals surface area contributed by atoms with E-state index in [4.69, 9.17) is 10.5 Å². The van der Waals surface area contributed by atoms with E-state index in [2.05, 4.69) is 5.32 Å². The van der Waals surface area contributed by atoms with E-state index in [0.29, 0.717) is 18.7 Å². The molecule has 0 aliphatic heterocycles. The second-order valence-electron chi connectivity index (χ2n) is 4.41. The molecule has 1 rings (SSSR count). The Morgan fingerprint density at radius 3 is 2.79 bits per heavy atom. The van der Waals surface area contributed by atoms with E-state index in [-0.39, 0.29) is 24.4 Å². The first-order valence-electron chi connectivity index (χ1n) is 6.49. The standard InChI is InChI=1S/C14H21FN2O2/c1-3-12(16)6-10-5-11(15)8-13(7-10)19-9-14(18)17-4-2/h5,7-8,12H,3-4,6,9,16H2,1-2H3,(H,17,18). The third-order valence-electron chi connectivity index (χ3n) is 2.70. The van der Waals surface area contributed by atoms with E-state index in [1.54, 1.807) is 6.07 Å². The Labute approximate surface area is 113 Å². The number of amides is 1. The summed E-state index contributed by atoms with van der Waals surface area (Å²) in [4.78, 5) is 11.3. The Morgan fingerprint density at radius 2 is 2.16 bits per heavy atom. The van der Waals surface area contributed by atoms with Crippen molar-refractivity contribution in [3.05, 3.63) is 29.6 Å². The van der Waals surface area contributed by atoms with Crippen LogP contribution in [0.3, 0.4) is 0 Å². The van der Waals surface area contributed by atoms with Crippen molar-refractivity contribution in [1.29, 1.82) is 0 Å². The molecule has 0 radical (unpaired) electrons. The summed E-state index contributed by atoms with van der Waals surface area (Å²) < 4.78 is 18.7. The van der Waals surface area contributed by atoms with Crippen LogP contribution in [0.25, 0.3) is 0 Å². The number of benzene rings is 1. The molecule has 1 atom stereocenters. The third-order valence-corrected chi connectivity index (χ3v) is 2.70. The van der Waals surface area contributed by atoms with Gasteiger partial charge in [0.05, 0.1) is 0 Å². The smallest absolute Gasteiger partial charge is 0.257 e. The summed E-state index contributed by atoms with van der Waals surface area (Å²) in [6.45, 7) is 4.24. The zero-order valence-electron chi connectivity index (χ0n) is 11.4. The first kappa shape index (κ1) is 15.4. The van der Waals surface area contributed by atoms with Gasteiger partial charge in [-0.3, -0.25) is 4.79 Å². The van der Waals surface area contributed by atoms with Crippen molar-refractivity contribution in [1.82, 2.24) is 5.32 Å². The molecule has 0 heterocycles. The van der Waals surface area contributed by atoms with Crippen molar-refractivity contribution in [2.24, 2.45) is 5.73 Å². The molecule has 5 heteroatoms. The average Bonchev–Trinajstić information content (AvgIpc) is 2.36. The molecule has 0 saturated heterocycles. The van der Waals surface area contributed by atoms with Crippen LogP contribution in [0.15, 0.2) is 18.2 Å². The molecule has 0 aromatic heterocycles. The van der Waals surface area contributed by atoms with Gasteiger partial charge in [0, 0.05) is 18.7 Å². The summed E-state index contributed by atoms with van der Waals surface area (Å²) in [6.07, 6.45) is 1.41. The number of likely N-dealkylation sites (N-methyl/N-ethyl adjacent to an activating group) is 1. The monoisotopic (exact) mass is 268 g/mol. The lowest BCUT2D eigenvalue weighted by Crippen LogP contribution is -2.28. The average molecular weight is 268 g/mol. The SMILES string of the molecule is CCNC(=O)COc1cc(F)cc(CC(N)CC)c1. The van der Waals surface area contributed by atoms with E-state index in [1.807, 2.05) is 13.8 Å². The van der Waals surface area contributed by atoms with Gasteiger partial charge in [-0.15, -0.1) is 0 Å². The number of carbonyl (C=O) groups excluding carboxylic acids is 1. The summed E-state index contributed by atoms with van der Waals surface area (Å²) in [7, 11) is 0. The molecule has 1 aromatic rings. The fraction of sp³-hybridized carbons (Fsp3) is 0.500. The maximum Gasteiger partial charge on any atom is 0.257 e. The molecule has 0 bridgehead atoms. The molecule has 106 valence electrons. The van der Waals surface area contributed by atoms with Gasteiger partial charge in [-0.25, -0.2) is 4.39 Å². The summed E-state index contributed by atoms with van der Waals surface area (Å²) in [5, 5.41) is 2.61. The first-order valence-corrected chi connectivity index (χ1v) is 6.49. The molecule has 0 aliphatic rings. The molecular formula is C14H21FN2O2. The number of nitrogens with two attached hydrogens (primary N) is 1. The molecule has 0 saturated carbocycles. The molecule has 1 amide bonds. The highest BCUT2D eigenvalue weighted by molar-refractivity contribution is 5.77. The van der Waals surface area contributed by atoms with Crippen LogP contribution in [0.1, 0.15) is 25.8 Å². The number of hydrogen-bond acceptors (Lipinski definition) is 3. The first-order chi connectivity index (χ1) is 9.05. The molecule has 1 aromatic carbocycles. The van der Waals surface area contributed by atoms with Crippen LogP contribution < -0.4 is 15.8 Å². The molecule has 3 N–H and O–H groups in total. The van der Waals surface area contributed by atoms with Crippen LogP contribution in [0.4, 0.5) is 4.39 Å². The highest BCUT2D eigenvalue weighted by atomic mass is 19.1. The van der Waals surface area contributed by atoms with Crippen LogP contribution in [0.5, 0.6) is 5.75 Å². The van der Waals surface area contributed by atoms with Gasteiger partial charge >= 0.3 is 0 Å². The van der Waals surface area contributed by atoms with Crippen molar-refractivity contribution in [3.8, 4) is 5.75 Å². The summed E-state index contributed by atoms with van der Waals surface area (Å²) >= 11 is 0. The second-order valence-corrected chi connectivity index (χ2v) is 4.41. The Balaban J connectivity index is 2.65. The number of halogens is 1. The molecule has 0 aliphatic carbocycles. The van der Waals surface area contributed by atoms with Crippen molar-refractivity contribution < 1.29 is 13.9 Å². The van der Waals surface area contributed by atoms with Gasteiger partial charge in [0.1, 0.15) is 11.6 Å². The number of nitrogens with one attached hydrogen (secondary N) is 1. The fourth-order valence-electron chi connectivity index (χ4n) is 1.67. The van der Waals surface area contributed by atoms with Crippen molar-refractivity contribution in [3.63, 3.8) is 0 Å². The van der Waals surface area contributed by atoms with Crippen LogP contribution in [-0.4, -0.2) is 25.1 Å². The minimum Gasteiger partial charge on any atom is -0.484 e. The number of hydrogen-bond donors (Lipinski definition) is 2. The van der Waals surface area contributed by atoms with Crippen molar-refractivity contribution in [2.75, 3.05) is 13.2 Å². The minimum absolute atomic E-state index is 0.00181. The Kier molecular flexibility index (Phi) is 6.29. The normalized spacial score (nSPS) is 12.0. The van der Waals surface area contributed by atoms with Gasteiger partial charge in [-0.2, -0.15) is 0 Å². The Bertz CT molecular complexity index is 424. The molecule has 4 nitrogen and oxygen atoms in total. The van der Waals surface area contributed by atoms with Crippen LogP contribution in [0, 0.1) is 5.82 Å². The number of carbonyl (C=O) groups is 1. The number of ether oxygens (including phenoxy) is 1. The van der Waals surface area contributed by atoms with Crippen molar-refractivity contribution in [2.45, 2.75) is 32.7 Å². The lowest BCUT2D eigenvalue weighted by molar-refractivity contribution is -0.122. The van der Waals surface area contributed by atoms with Gasteiger partial charge in [0.2, 0.25) is 0 Å². The zero-order chi connectivity index (χ0) is 14.3. The third kappa shape index (κ3) is 5.70. The quantitative estimate of drug-likeness (QED) is 0.790. The lowest BCUT2D eigenvalue weighted by atomic mass is 10.0. The molecule has 1 unspecified atom stereocenters. The highest BCUT2D eigenvalue weighted by Gasteiger charge is 2.07. The van der Waals surface area contributed by atoms with E-state index in [1.165, 1.54) is 12.1 Å². The van der Waals surface area contributed by atoms with Gasteiger partial charge < -0.3 is 15.8 Å². The highest BCUT2D eigenvalue weighted by Crippen LogP contribution is 2.18.